The van der Waals surface area contributed by atoms with E-state index < -0.39 is 0 Å². The van der Waals surface area contributed by atoms with Crippen LogP contribution in [0.2, 0.25) is 0 Å². The van der Waals surface area contributed by atoms with Gasteiger partial charge in [-0.1, -0.05) is 0 Å². The molecule has 1 aliphatic heterocycles. The second-order valence-electron chi connectivity index (χ2n) is 5.54. The molecule has 0 aromatic carbocycles. The Kier molecular flexibility index (Phi) is 4.45. The Balaban J connectivity index is 1.69. The van der Waals surface area contributed by atoms with Crippen molar-refractivity contribution in [3.05, 3.63) is 36.3 Å². The van der Waals surface area contributed by atoms with Crippen molar-refractivity contribution in [2.75, 3.05) is 20.2 Å². The molecule has 1 aliphatic rings. The van der Waals surface area contributed by atoms with E-state index in [9.17, 15) is 4.79 Å². The van der Waals surface area contributed by atoms with Crippen LogP contribution in [0.3, 0.4) is 0 Å². The SMILES string of the molecule is COc1nn(C)cc1C(=O)N1CCCC(Oc2ccncc2)C1. The number of hydrogen-bond donors (Lipinski definition) is 0. The van der Waals surface area contributed by atoms with Gasteiger partial charge in [0.2, 0.25) is 5.88 Å². The summed E-state index contributed by atoms with van der Waals surface area (Å²) in [6.45, 7) is 1.27. The first-order valence-electron chi connectivity index (χ1n) is 7.61. The molecule has 0 aliphatic carbocycles. The fourth-order valence-electron chi connectivity index (χ4n) is 2.76. The summed E-state index contributed by atoms with van der Waals surface area (Å²) in [5.41, 5.74) is 0.486. The molecule has 2 aromatic rings. The molecule has 1 saturated heterocycles. The monoisotopic (exact) mass is 316 g/mol. The average molecular weight is 316 g/mol. The smallest absolute Gasteiger partial charge is 0.261 e. The molecule has 1 unspecified atom stereocenters. The summed E-state index contributed by atoms with van der Waals surface area (Å²) < 4.78 is 12.7. The maximum Gasteiger partial charge on any atom is 0.261 e. The minimum Gasteiger partial charge on any atom is -0.488 e. The van der Waals surface area contributed by atoms with Crippen molar-refractivity contribution in [1.29, 1.82) is 0 Å². The number of hydrogen-bond acceptors (Lipinski definition) is 5. The third kappa shape index (κ3) is 3.44. The number of pyridine rings is 1. The van der Waals surface area contributed by atoms with Crippen molar-refractivity contribution >= 4 is 5.91 Å². The summed E-state index contributed by atoms with van der Waals surface area (Å²) in [6.07, 6.45) is 6.90. The van der Waals surface area contributed by atoms with Crippen molar-refractivity contribution in [2.24, 2.45) is 7.05 Å². The van der Waals surface area contributed by atoms with Crippen LogP contribution in [0.15, 0.2) is 30.7 Å². The predicted molar refractivity (Wildman–Crippen MR) is 83.6 cm³/mol. The molecule has 0 N–H and O–H groups in total. The Bertz CT molecular complexity index is 671. The fourth-order valence-corrected chi connectivity index (χ4v) is 2.76. The minimum absolute atomic E-state index is 0.0160. The Labute approximate surface area is 134 Å². The first-order valence-corrected chi connectivity index (χ1v) is 7.61. The lowest BCUT2D eigenvalue weighted by molar-refractivity contribution is 0.0535. The lowest BCUT2D eigenvalue weighted by Gasteiger charge is -2.32. The number of carbonyl (C=O) groups excluding carboxylic acids is 1. The van der Waals surface area contributed by atoms with Crippen molar-refractivity contribution in [3.8, 4) is 11.6 Å². The van der Waals surface area contributed by atoms with Gasteiger partial charge in [-0.3, -0.25) is 14.5 Å². The maximum atomic E-state index is 12.7. The van der Waals surface area contributed by atoms with E-state index >= 15 is 0 Å². The van der Waals surface area contributed by atoms with Gasteiger partial charge in [0.05, 0.1) is 13.7 Å². The van der Waals surface area contributed by atoms with E-state index in [4.69, 9.17) is 9.47 Å². The molecule has 0 radical (unpaired) electrons. The number of nitrogens with zero attached hydrogens (tertiary/aromatic N) is 4. The molecule has 0 spiro atoms. The molecule has 7 nitrogen and oxygen atoms in total. The second kappa shape index (κ2) is 6.68. The van der Waals surface area contributed by atoms with Crippen molar-refractivity contribution in [1.82, 2.24) is 19.7 Å². The van der Waals surface area contributed by atoms with Crippen LogP contribution in [0.1, 0.15) is 23.2 Å². The number of methoxy groups -OCH3 is 1. The highest BCUT2D eigenvalue weighted by Crippen LogP contribution is 2.22. The van der Waals surface area contributed by atoms with Crippen LogP contribution in [-0.4, -0.2) is 51.9 Å². The second-order valence-corrected chi connectivity index (χ2v) is 5.54. The third-order valence-corrected chi connectivity index (χ3v) is 3.84. The summed E-state index contributed by atoms with van der Waals surface area (Å²) in [7, 11) is 3.29. The Morgan fingerprint density at radius 2 is 2.13 bits per heavy atom. The van der Waals surface area contributed by atoms with Crippen LogP contribution >= 0.6 is 0 Å². The standard InChI is InChI=1S/C16H20N4O3/c1-19-11-14(15(18-19)22-2)16(21)20-9-3-4-13(10-20)23-12-5-7-17-8-6-12/h5-8,11,13H,3-4,9-10H2,1-2H3. The molecule has 122 valence electrons. The van der Waals surface area contributed by atoms with E-state index in [-0.39, 0.29) is 12.0 Å². The van der Waals surface area contributed by atoms with E-state index in [2.05, 4.69) is 10.1 Å². The number of aromatic nitrogens is 3. The molecule has 23 heavy (non-hydrogen) atoms. The Morgan fingerprint density at radius 3 is 2.87 bits per heavy atom. The number of piperidine rings is 1. The van der Waals surface area contributed by atoms with Crippen molar-refractivity contribution in [2.45, 2.75) is 18.9 Å². The molecule has 0 bridgehead atoms. The zero-order valence-corrected chi connectivity index (χ0v) is 13.3. The molecule has 1 amide bonds. The van der Waals surface area contributed by atoms with Gasteiger partial charge in [-0.05, 0) is 25.0 Å². The quantitative estimate of drug-likeness (QED) is 0.855. The largest absolute Gasteiger partial charge is 0.488 e. The molecule has 3 heterocycles. The zero-order chi connectivity index (χ0) is 16.2. The number of likely N-dealkylation sites (tertiary alicyclic amines) is 1. The van der Waals surface area contributed by atoms with Crippen molar-refractivity contribution in [3.63, 3.8) is 0 Å². The van der Waals surface area contributed by atoms with Gasteiger partial charge in [0.25, 0.3) is 5.91 Å². The molecule has 1 atom stereocenters. The van der Waals surface area contributed by atoms with E-state index in [1.165, 1.54) is 7.11 Å². The number of ether oxygens (including phenoxy) is 2. The number of aryl methyl sites for hydroxylation is 1. The van der Waals surface area contributed by atoms with Gasteiger partial charge in [-0.25, -0.2) is 0 Å². The highest BCUT2D eigenvalue weighted by molar-refractivity contribution is 5.96. The molecule has 7 heteroatoms. The van der Waals surface area contributed by atoms with E-state index in [1.807, 2.05) is 12.1 Å². The van der Waals surface area contributed by atoms with Crippen LogP contribution in [0.5, 0.6) is 11.6 Å². The minimum atomic E-state index is -0.0713. The Morgan fingerprint density at radius 1 is 1.35 bits per heavy atom. The number of amides is 1. The van der Waals surface area contributed by atoms with Gasteiger partial charge in [0, 0.05) is 32.2 Å². The van der Waals surface area contributed by atoms with Gasteiger partial charge < -0.3 is 14.4 Å². The average Bonchev–Trinajstić information content (AvgIpc) is 2.96. The van der Waals surface area contributed by atoms with Gasteiger partial charge >= 0.3 is 0 Å². The summed E-state index contributed by atoms with van der Waals surface area (Å²) in [6, 6.07) is 3.65. The normalized spacial score (nSPS) is 17.8. The molecule has 2 aromatic heterocycles. The van der Waals surface area contributed by atoms with Crippen LogP contribution in [0.4, 0.5) is 0 Å². The first kappa shape index (κ1) is 15.3. The highest BCUT2D eigenvalue weighted by Gasteiger charge is 2.28. The van der Waals surface area contributed by atoms with Gasteiger partial charge in [-0.2, -0.15) is 0 Å². The number of carbonyl (C=O) groups is 1. The third-order valence-electron chi connectivity index (χ3n) is 3.84. The zero-order valence-electron chi connectivity index (χ0n) is 13.3. The summed E-state index contributed by atoms with van der Waals surface area (Å²) in [5, 5.41) is 4.14. The van der Waals surface area contributed by atoms with Crippen molar-refractivity contribution < 1.29 is 14.3 Å². The first-order chi connectivity index (χ1) is 11.2. The Hall–Kier alpha value is -2.57. The highest BCUT2D eigenvalue weighted by atomic mass is 16.5. The lowest BCUT2D eigenvalue weighted by atomic mass is 10.1. The van der Waals surface area contributed by atoms with Gasteiger partial charge in [0.1, 0.15) is 17.4 Å². The van der Waals surface area contributed by atoms with Gasteiger partial charge in [0.15, 0.2) is 0 Å². The lowest BCUT2D eigenvalue weighted by Crippen LogP contribution is -2.44. The fraction of sp³-hybridized carbons (Fsp3) is 0.438. The van der Waals surface area contributed by atoms with E-state index in [0.29, 0.717) is 24.5 Å². The molecule has 0 saturated carbocycles. The van der Waals surface area contributed by atoms with Crippen LogP contribution in [0.25, 0.3) is 0 Å². The topological polar surface area (TPSA) is 69.5 Å². The number of rotatable bonds is 4. The predicted octanol–water partition coefficient (Wildman–Crippen LogP) is 1.51. The molecular formula is C16H20N4O3. The summed E-state index contributed by atoms with van der Waals surface area (Å²) in [4.78, 5) is 18.5. The molecule has 1 fully saturated rings. The van der Waals surface area contributed by atoms with Crippen LogP contribution in [0, 0.1) is 0 Å². The van der Waals surface area contributed by atoms with Gasteiger partial charge in [-0.15, -0.1) is 5.10 Å². The van der Waals surface area contributed by atoms with Crippen LogP contribution < -0.4 is 9.47 Å². The van der Waals surface area contributed by atoms with Crippen LogP contribution in [-0.2, 0) is 7.05 Å². The summed E-state index contributed by atoms with van der Waals surface area (Å²) >= 11 is 0. The maximum absolute atomic E-state index is 12.7. The molecule has 3 rings (SSSR count). The van der Waals surface area contributed by atoms with E-state index in [1.54, 1.807) is 35.2 Å². The molecular weight excluding hydrogens is 296 g/mol. The summed E-state index contributed by atoms with van der Waals surface area (Å²) in [5.74, 6) is 1.06. The van der Waals surface area contributed by atoms with E-state index in [0.717, 1.165) is 18.6 Å².